The second-order valence-corrected chi connectivity index (χ2v) is 12.6. The van der Waals surface area contributed by atoms with Crippen LogP contribution in [0.15, 0.2) is 48.6 Å². The molecule has 3 aliphatic carbocycles. The number of allylic oxidation sites excluding steroid dienone is 4. The van der Waals surface area contributed by atoms with Crippen LogP contribution in [0, 0.1) is 23.7 Å². The maximum atomic E-state index is 5.94. The number of aryl methyl sites for hydroxylation is 1. The Morgan fingerprint density at radius 3 is 2.24 bits per heavy atom. The molecule has 2 unspecified atom stereocenters. The standard InChI is InChI=1S/C36H56O/c1-3-5-6-9-29-12-18-32(19-13-29)34-22-24-35(25-23-34)33-20-14-30(15-21-33)10-7-8-11-31-16-26-36(27-17-31)37-28-4-2/h8,11-12,14-15,18,20-21,29,31-32,34-36H,3-7,9-10,13,16-17,19,22-28H2,1-2H3/b11-8+. The van der Waals surface area contributed by atoms with Crippen molar-refractivity contribution in [1.82, 2.24) is 0 Å². The summed E-state index contributed by atoms with van der Waals surface area (Å²) in [5.74, 6) is 4.24. The summed E-state index contributed by atoms with van der Waals surface area (Å²) in [4.78, 5) is 0. The fraction of sp³-hybridized carbons (Fsp3) is 0.722. The summed E-state index contributed by atoms with van der Waals surface area (Å²) in [6.07, 6.45) is 33.4. The lowest BCUT2D eigenvalue weighted by Crippen LogP contribution is -2.22. The van der Waals surface area contributed by atoms with Crippen molar-refractivity contribution in [2.24, 2.45) is 23.7 Å². The zero-order valence-corrected chi connectivity index (χ0v) is 24.2. The highest BCUT2D eigenvalue weighted by atomic mass is 16.5. The third kappa shape index (κ3) is 9.42. The Morgan fingerprint density at radius 1 is 0.784 bits per heavy atom. The van der Waals surface area contributed by atoms with Crippen LogP contribution in [0.5, 0.6) is 0 Å². The minimum absolute atomic E-state index is 0.523. The number of rotatable bonds is 13. The van der Waals surface area contributed by atoms with Crippen molar-refractivity contribution in [2.75, 3.05) is 6.61 Å². The Labute approximate surface area is 229 Å². The molecule has 206 valence electrons. The minimum Gasteiger partial charge on any atom is -0.378 e. The van der Waals surface area contributed by atoms with Gasteiger partial charge in [-0.1, -0.05) is 81.7 Å². The lowest BCUT2D eigenvalue weighted by Gasteiger charge is -2.35. The molecule has 1 aromatic carbocycles. The summed E-state index contributed by atoms with van der Waals surface area (Å²) in [5, 5.41) is 0. The molecule has 2 fully saturated rings. The van der Waals surface area contributed by atoms with Gasteiger partial charge < -0.3 is 4.74 Å². The zero-order valence-electron chi connectivity index (χ0n) is 24.2. The largest absolute Gasteiger partial charge is 0.378 e. The van der Waals surface area contributed by atoms with Gasteiger partial charge in [-0.05, 0) is 131 Å². The molecule has 0 saturated heterocycles. The van der Waals surface area contributed by atoms with E-state index in [-0.39, 0.29) is 0 Å². The van der Waals surface area contributed by atoms with Gasteiger partial charge in [0, 0.05) is 6.61 Å². The second-order valence-electron chi connectivity index (χ2n) is 12.6. The lowest BCUT2D eigenvalue weighted by atomic mass is 9.70. The van der Waals surface area contributed by atoms with Crippen LogP contribution in [0.4, 0.5) is 0 Å². The molecule has 0 spiro atoms. The molecule has 0 heterocycles. The average Bonchev–Trinajstić information content (AvgIpc) is 2.96. The fourth-order valence-electron chi connectivity index (χ4n) is 7.30. The molecule has 37 heavy (non-hydrogen) atoms. The number of ether oxygens (including phenoxy) is 1. The molecule has 0 aliphatic heterocycles. The van der Waals surface area contributed by atoms with Crippen LogP contribution in [-0.4, -0.2) is 12.7 Å². The van der Waals surface area contributed by atoms with Crippen molar-refractivity contribution in [2.45, 2.75) is 135 Å². The van der Waals surface area contributed by atoms with Gasteiger partial charge >= 0.3 is 0 Å². The molecular formula is C36H56O. The van der Waals surface area contributed by atoms with Gasteiger partial charge in [0.25, 0.3) is 0 Å². The average molecular weight is 505 g/mol. The van der Waals surface area contributed by atoms with E-state index in [2.05, 4.69) is 62.4 Å². The van der Waals surface area contributed by atoms with Crippen molar-refractivity contribution in [3.8, 4) is 0 Å². The molecule has 2 saturated carbocycles. The maximum absolute atomic E-state index is 5.94. The summed E-state index contributed by atoms with van der Waals surface area (Å²) in [5.41, 5.74) is 3.09. The van der Waals surface area contributed by atoms with Crippen molar-refractivity contribution in [1.29, 1.82) is 0 Å². The summed E-state index contributed by atoms with van der Waals surface area (Å²) >= 11 is 0. The summed E-state index contributed by atoms with van der Waals surface area (Å²) in [6, 6.07) is 9.72. The Balaban J connectivity index is 1.12. The highest BCUT2D eigenvalue weighted by molar-refractivity contribution is 5.26. The van der Waals surface area contributed by atoms with Gasteiger partial charge in [-0.2, -0.15) is 0 Å². The van der Waals surface area contributed by atoms with Gasteiger partial charge in [-0.15, -0.1) is 0 Å². The van der Waals surface area contributed by atoms with Crippen molar-refractivity contribution in [3.05, 3.63) is 59.7 Å². The first-order valence-corrected chi connectivity index (χ1v) is 16.3. The molecule has 0 amide bonds. The lowest BCUT2D eigenvalue weighted by molar-refractivity contribution is 0.0227. The van der Waals surface area contributed by atoms with Crippen LogP contribution in [-0.2, 0) is 11.2 Å². The van der Waals surface area contributed by atoms with E-state index in [1.165, 1.54) is 108 Å². The number of benzene rings is 1. The molecule has 1 heteroatoms. The van der Waals surface area contributed by atoms with E-state index in [1.807, 2.05) is 0 Å². The Kier molecular flexibility index (Phi) is 12.3. The first-order valence-electron chi connectivity index (χ1n) is 16.3. The molecule has 0 radical (unpaired) electrons. The SMILES string of the molecule is CCCCCC1C=CC(C2CCC(c3ccc(CC/C=C/C4CCC(OCCC)CC4)cc3)CC2)CC1. The van der Waals surface area contributed by atoms with Gasteiger partial charge in [0.15, 0.2) is 0 Å². The topological polar surface area (TPSA) is 9.23 Å². The predicted octanol–water partition coefficient (Wildman–Crippen LogP) is 10.6. The molecular weight excluding hydrogens is 448 g/mol. The first-order chi connectivity index (χ1) is 18.2. The van der Waals surface area contributed by atoms with E-state index < -0.39 is 0 Å². The van der Waals surface area contributed by atoms with E-state index in [9.17, 15) is 0 Å². The normalized spacial score (nSPS) is 30.6. The second kappa shape index (κ2) is 15.9. The molecule has 1 nitrogen and oxygen atoms in total. The third-order valence-electron chi connectivity index (χ3n) is 9.79. The van der Waals surface area contributed by atoms with Crippen LogP contribution < -0.4 is 0 Å². The Morgan fingerprint density at radius 2 is 1.57 bits per heavy atom. The molecule has 1 aromatic rings. The van der Waals surface area contributed by atoms with Gasteiger partial charge in [-0.3, -0.25) is 0 Å². The predicted molar refractivity (Wildman–Crippen MR) is 160 cm³/mol. The van der Waals surface area contributed by atoms with Crippen LogP contribution >= 0.6 is 0 Å². The van der Waals surface area contributed by atoms with Crippen LogP contribution in [0.2, 0.25) is 0 Å². The summed E-state index contributed by atoms with van der Waals surface area (Å²) < 4.78 is 5.94. The van der Waals surface area contributed by atoms with Gasteiger partial charge in [0.1, 0.15) is 0 Å². The van der Waals surface area contributed by atoms with E-state index in [0.717, 1.165) is 42.6 Å². The van der Waals surface area contributed by atoms with E-state index in [4.69, 9.17) is 4.74 Å². The smallest absolute Gasteiger partial charge is 0.0575 e. The van der Waals surface area contributed by atoms with Gasteiger partial charge in [-0.25, -0.2) is 0 Å². The highest BCUT2D eigenvalue weighted by Gasteiger charge is 2.29. The molecule has 0 bridgehead atoms. The Bertz CT molecular complexity index is 788. The highest BCUT2D eigenvalue weighted by Crippen LogP contribution is 2.42. The van der Waals surface area contributed by atoms with E-state index in [1.54, 1.807) is 5.56 Å². The number of hydrogen-bond donors (Lipinski definition) is 0. The quantitative estimate of drug-likeness (QED) is 0.192. The van der Waals surface area contributed by atoms with Gasteiger partial charge in [0.2, 0.25) is 0 Å². The summed E-state index contributed by atoms with van der Waals surface area (Å²) in [6.45, 7) is 5.45. The molecule has 0 aromatic heterocycles. The van der Waals surface area contributed by atoms with Crippen LogP contribution in [0.3, 0.4) is 0 Å². The van der Waals surface area contributed by atoms with Crippen molar-refractivity contribution < 1.29 is 4.74 Å². The van der Waals surface area contributed by atoms with Crippen LogP contribution in [0.25, 0.3) is 0 Å². The monoisotopic (exact) mass is 504 g/mol. The third-order valence-corrected chi connectivity index (χ3v) is 9.79. The van der Waals surface area contributed by atoms with E-state index >= 15 is 0 Å². The van der Waals surface area contributed by atoms with Crippen molar-refractivity contribution in [3.63, 3.8) is 0 Å². The molecule has 0 N–H and O–H groups in total. The zero-order chi connectivity index (χ0) is 25.7. The number of unbranched alkanes of at least 4 members (excludes halogenated alkanes) is 2. The van der Waals surface area contributed by atoms with Crippen LogP contribution in [0.1, 0.15) is 134 Å². The van der Waals surface area contributed by atoms with Gasteiger partial charge in [0.05, 0.1) is 6.10 Å². The molecule has 2 atom stereocenters. The molecule has 4 rings (SSSR count). The number of hydrogen-bond acceptors (Lipinski definition) is 1. The maximum Gasteiger partial charge on any atom is 0.0575 e. The fourth-order valence-corrected chi connectivity index (χ4v) is 7.30. The van der Waals surface area contributed by atoms with E-state index in [0.29, 0.717) is 6.10 Å². The Hall–Kier alpha value is -1.34. The minimum atomic E-state index is 0.523. The first kappa shape index (κ1) is 28.7. The molecule has 3 aliphatic rings. The van der Waals surface area contributed by atoms with Crippen molar-refractivity contribution >= 4 is 0 Å². The summed E-state index contributed by atoms with van der Waals surface area (Å²) in [7, 11) is 0.